The van der Waals surface area contributed by atoms with Crippen molar-refractivity contribution in [2.75, 3.05) is 13.2 Å². The molecule has 0 saturated carbocycles. The molecule has 2 atom stereocenters. The van der Waals surface area contributed by atoms with Crippen molar-refractivity contribution < 1.29 is 18.7 Å². The van der Waals surface area contributed by atoms with E-state index in [2.05, 4.69) is 20.9 Å². The Morgan fingerprint density at radius 3 is 2.87 bits per heavy atom. The summed E-state index contributed by atoms with van der Waals surface area (Å²) in [4.78, 5) is 35.9. The van der Waals surface area contributed by atoms with Gasteiger partial charge in [-0.1, -0.05) is 22.0 Å². The van der Waals surface area contributed by atoms with Crippen LogP contribution in [0.25, 0.3) is 0 Å². The van der Waals surface area contributed by atoms with E-state index in [1.54, 1.807) is 19.2 Å². The highest BCUT2D eigenvalue weighted by Crippen LogP contribution is 2.43. The number of carbonyl (C=O) groups excluding carboxylic acids is 2. The Bertz CT molecular complexity index is 1070. The second kappa shape index (κ2) is 8.27. The summed E-state index contributed by atoms with van der Waals surface area (Å²) in [6.07, 6.45) is 1.96. The number of hydrogen-bond donors (Lipinski definition) is 1. The molecule has 1 amide bonds. The zero-order valence-electron chi connectivity index (χ0n) is 16.0. The van der Waals surface area contributed by atoms with Gasteiger partial charge in [0.2, 0.25) is 5.91 Å². The van der Waals surface area contributed by atoms with Crippen molar-refractivity contribution in [3.63, 3.8) is 0 Å². The standard InChI is InChI=1S/C20H18BrFN4O3S/c1-2-29-20(28)15-14-7-10(17(23)27)9-26(14)18(19-24-5-6-30-19)25-16(15)12-4-3-11(22)8-13(12)21/h3-6,8,10,16H,2,7,9H2,1H3,(H2,23,27)/t10-,16+/m1/s1. The number of ether oxygens (including phenoxy) is 1. The lowest BCUT2D eigenvalue weighted by Crippen LogP contribution is -2.36. The predicted octanol–water partition coefficient (Wildman–Crippen LogP) is 3.17. The Morgan fingerprint density at radius 1 is 1.43 bits per heavy atom. The lowest BCUT2D eigenvalue weighted by Gasteiger charge is -2.31. The molecule has 1 aromatic heterocycles. The second-order valence-electron chi connectivity index (χ2n) is 6.85. The van der Waals surface area contributed by atoms with Crippen molar-refractivity contribution >= 4 is 45.0 Å². The van der Waals surface area contributed by atoms with E-state index in [4.69, 9.17) is 15.5 Å². The van der Waals surface area contributed by atoms with Gasteiger partial charge < -0.3 is 15.4 Å². The van der Waals surface area contributed by atoms with Crippen LogP contribution >= 0.6 is 27.3 Å². The maximum absolute atomic E-state index is 13.7. The largest absolute Gasteiger partial charge is 0.463 e. The third-order valence-corrected chi connectivity index (χ3v) is 6.49. The Balaban J connectivity index is 1.92. The van der Waals surface area contributed by atoms with Crippen LogP contribution in [0, 0.1) is 11.7 Å². The molecule has 0 spiro atoms. The van der Waals surface area contributed by atoms with Crippen LogP contribution < -0.4 is 5.73 Å². The van der Waals surface area contributed by atoms with Gasteiger partial charge in [-0.3, -0.25) is 9.79 Å². The summed E-state index contributed by atoms with van der Waals surface area (Å²) in [7, 11) is 0. The van der Waals surface area contributed by atoms with E-state index < -0.39 is 29.7 Å². The average Bonchev–Trinajstić information content (AvgIpc) is 3.37. The number of aliphatic imine (C=N–C) groups is 1. The number of hydrogen-bond acceptors (Lipinski definition) is 7. The Labute approximate surface area is 184 Å². The summed E-state index contributed by atoms with van der Waals surface area (Å²) in [5.74, 6) is -1.29. The quantitative estimate of drug-likeness (QED) is 0.646. The molecule has 4 rings (SSSR count). The predicted molar refractivity (Wildman–Crippen MR) is 113 cm³/mol. The van der Waals surface area contributed by atoms with Crippen LogP contribution in [-0.4, -0.2) is 40.7 Å². The molecule has 0 aliphatic carbocycles. The molecule has 2 aliphatic rings. The molecule has 2 aromatic rings. The second-order valence-corrected chi connectivity index (χ2v) is 8.60. The van der Waals surface area contributed by atoms with Gasteiger partial charge in [0.05, 0.1) is 18.1 Å². The first-order valence-corrected chi connectivity index (χ1v) is 11.0. The van der Waals surface area contributed by atoms with Gasteiger partial charge >= 0.3 is 5.97 Å². The van der Waals surface area contributed by atoms with Crippen molar-refractivity contribution in [3.8, 4) is 0 Å². The number of allylic oxidation sites excluding steroid dienone is 1. The fraction of sp³-hybridized carbons (Fsp3) is 0.300. The minimum atomic E-state index is -0.740. The number of nitrogens with zero attached hydrogens (tertiary/aromatic N) is 3. The highest BCUT2D eigenvalue weighted by atomic mass is 79.9. The Morgan fingerprint density at radius 2 is 2.23 bits per heavy atom. The average molecular weight is 493 g/mol. The van der Waals surface area contributed by atoms with Gasteiger partial charge in [0.25, 0.3) is 0 Å². The van der Waals surface area contributed by atoms with Crippen molar-refractivity contribution in [3.05, 3.63) is 61.9 Å². The normalized spacial score (nSPS) is 20.8. The van der Waals surface area contributed by atoms with Gasteiger partial charge in [0.1, 0.15) is 11.9 Å². The molecule has 0 bridgehead atoms. The van der Waals surface area contributed by atoms with Gasteiger partial charge in [-0.05, 0) is 24.6 Å². The molecule has 10 heteroatoms. The minimum absolute atomic E-state index is 0.190. The number of carbonyl (C=O) groups is 2. The van der Waals surface area contributed by atoms with Crippen LogP contribution in [0.1, 0.15) is 30.0 Å². The first-order chi connectivity index (χ1) is 14.4. The minimum Gasteiger partial charge on any atom is -0.463 e. The van der Waals surface area contributed by atoms with Gasteiger partial charge in [-0.2, -0.15) is 0 Å². The summed E-state index contributed by atoms with van der Waals surface area (Å²) in [6.45, 7) is 2.22. The molecule has 30 heavy (non-hydrogen) atoms. The highest BCUT2D eigenvalue weighted by Gasteiger charge is 2.43. The monoisotopic (exact) mass is 492 g/mol. The third kappa shape index (κ3) is 3.65. The third-order valence-electron chi connectivity index (χ3n) is 5.04. The van der Waals surface area contributed by atoms with Crippen LogP contribution in [0.5, 0.6) is 0 Å². The van der Waals surface area contributed by atoms with E-state index >= 15 is 0 Å². The number of amidine groups is 1. The number of nitrogens with two attached hydrogens (primary N) is 1. The number of halogens is 2. The van der Waals surface area contributed by atoms with Crippen molar-refractivity contribution in [1.82, 2.24) is 9.88 Å². The molecule has 156 valence electrons. The molecule has 1 aromatic carbocycles. The zero-order valence-corrected chi connectivity index (χ0v) is 18.4. The number of fused-ring (bicyclic) bond motifs is 1. The van der Waals surface area contributed by atoms with E-state index in [0.29, 0.717) is 45.1 Å². The fourth-order valence-corrected chi connectivity index (χ4v) is 4.91. The molecular formula is C20H18BrFN4O3S. The van der Waals surface area contributed by atoms with Crippen molar-refractivity contribution in [2.24, 2.45) is 16.6 Å². The Kier molecular flexibility index (Phi) is 5.70. The van der Waals surface area contributed by atoms with Gasteiger partial charge in [0, 0.05) is 34.7 Å². The molecule has 0 radical (unpaired) electrons. The van der Waals surface area contributed by atoms with Crippen LogP contribution in [0.15, 0.2) is 50.5 Å². The van der Waals surface area contributed by atoms with E-state index in [9.17, 15) is 14.0 Å². The van der Waals surface area contributed by atoms with Gasteiger partial charge in [-0.15, -0.1) is 11.3 Å². The summed E-state index contributed by atoms with van der Waals surface area (Å²) >= 11 is 4.79. The molecule has 2 aliphatic heterocycles. The lowest BCUT2D eigenvalue weighted by molar-refractivity contribution is -0.139. The van der Waals surface area contributed by atoms with Gasteiger partial charge in [-0.25, -0.2) is 14.2 Å². The van der Waals surface area contributed by atoms with Crippen LogP contribution in [0.4, 0.5) is 4.39 Å². The molecule has 1 fully saturated rings. The van der Waals surface area contributed by atoms with E-state index in [0.717, 1.165) is 0 Å². The number of amides is 1. The van der Waals surface area contributed by atoms with Crippen LogP contribution in [-0.2, 0) is 14.3 Å². The number of primary amides is 1. The molecule has 0 unspecified atom stereocenters. The Hall–Kier alpha value is -2.59. The topological polar surface area (TPSA) is 97.9 Å². The SMILES string of the molecule is CCOC(=O)C1=C2C[C@@H](C(N)=O)CN2C(c2nccs2)=N[C@H]1c1ccc(F)cc1Br. The zero-order chi connectivity index (χ0) is 21.4. The molecular weight excluding hydrogens is 475 g/mol. The maximum Gasteiger partial charge on any atom is 0.338 e. The van der Waals surface area contributed by atoms with Crippen molar-refractivity contribution in [2.45, 2.75) is 19.4 Å². The van der Waals surface area contributed by atoms with Crippen LogP contribution in [0.2, 0.25) is 0 Å². The molecule has 3 heterocycles. The summed E-state index contributed by atoms with van der Waals surface area (Å²) in [6, 6.07) is 3.49. The van der Waals surface area contributed by atoms with E-state index in [1.165, 1.54) is 23.5 Å². The summed E-state index contributed by atoms with van der Waals surface area (Å²) in [5, 5.41) is 2.48. The molecule has 2 N–H and O–H groups in total. The number of thiazole rings is 1. The first kappa shape index (κ1) is 20.7. The number of aromatic nitrogens is 1. The van der Waals surface area contributed by atoms with Crippen molar-refractivity contribution in [1.29, 1.82) is 0 Å². The van der Waals surface area contributed by atoms with E-state index in [-0.39, 0.29) is 6.61 Å². The smallest absolute Gasteiger partial charge is 0.338 e. The number of rotatable bonds is 5. The molecule has 1 saturated heterocycles. The van der Waals surface area contributed by atoms with Crippen LogP contribution in [0.3, 0.4) is 0 Å². The number of esters is 1. The summed E-state index contributed by atoms with van der Waals surface area (Å²) < 4.78 is 19.5. The van der Waals surface area contributed by atoms with Gasteiger partial charge in [0.15, 0.2) is 10.8 Å². The lowest BCUT2D eigenvalue weighted by atomic mass is 9.94. The highest BCUT2D eigenvalue weighted by molar-refractivity contribution is 9.10. The number of benzene rings is 1. The summed E-state index contributed by atoms with van der Waals surface area (Å²) in [5.41, 5.74) is 7.16. The van der Waals surface area contributed by atoms with E-state index in [1.807, 2.05) is 10.3 Å². The fourth-order valence-electron chi connectivity index (χ4n) is 3.70. The molecule has 7 nitrogen and oxygen atoms in total. The maximum atomic E-state index is 13.7. The first-order valence-electron chi connectivity index (χ1n) is 9.30.